The van der Waals surface area contributed by atoms with E-state index in [1.807, 2.05) is 13.8 Å². The van der Waals surface area contributed by atoms with Gasteiger partial charge in [0, 0.05) is 0 Å². The van der Waals surface area contributed by atoms with Gasteiger partial charge in [-0.05, 0) is 60.1 Å². The normalized spacial score (nSPS) is 25.4. The van der Waals surface area contributed by atoms with Gasteiger partial charge in [-0.2, -0.15) is 8.42 Å². The fourth-order valence-electron chi connectivity index (χ4n) is 4.12. The molecule has 13 heteroatoms. The molecule has 2 aromatic carbocycles. The van der Waals surface area contributed by atoms with Crippen LogP contribution in [0.4, 0.5) is 0 Å². The maximum Gasteiger partial charge on any atom is 0.335 e. The van der Waals surface area contributed by atoms with Crippen LogP contribution >= 0.6 is 0 Å². The molecule has 2 unspecified atom stereocenters. The number of carboxylic acids is 1. The third-order valence-corrected chi connectivity index (χ3v) is 6.91. The third kappa shape index (κ3) is 7.26. The van der Waals surface area contributed by atoms with E-state index in [-0.39, 0.29) is 34.8 Å². The topological polar surface area (TPSA) is 200 Å². The second-order valence-corrected chi connectivity index (χ2v) is 11.2. The van der Waals surface area contributed by atoms with Crippen molar-refractivity contribution in [3.05, 3.63) is 47.5 Å². The van der Waals surface area contributed by atoms with Crippen molar-refractivity contribution in [1.82, 2.24) is 0 Å². The van der Waals surface area contributed by atoms with Gasteiger partial charge < -0.3 is 44.3 Å². The Morgan fingerprint density at radius 1 is 0.895 bits per heavy atom. The molecule has 210 valence electrons. The summed E-state index contributed by atoms with van der Waals surface area (Å²) in [6.45, 7) is 3.99. The van der Waals surface area contributed by atoms with Gasteiger partial charge in [-0.1, -0.05) is 26.0 Å². The Morgan fingerprint density at radius 3 is 1.89 bits per heavy atom. The van der Waals surface area contributed by atoms with E-state index in [2.05, 4.69) is 0 Å². The number of ether oxygens (including phenoxy) is 2. The molecule has 2 aromatic rings. The number of carboxylic acid groups (broad SMARTS) is 1. The average Bonchev–Trinajstić information content (AvgIpc) is 2.82. The molecular formula is C25H32O12S. The molecule has 0 radical (unpaired) electrons. The lowest BCUT2D eigenvalue weighted by Crippen LogP contribution is -2.61. The molecule has 0 bridgehead atoms. The zero-order valence-corrected chi connectivity index (χ0v) is 21.8. The van der Waals surface area contributed by atoms with Gasteiger partial charge in [0.1, 0.15) is 18.3 Å². The van der Waals surface area contributed by atoms with E-state index in [0.29, 0.717) is 12.8 Å². The van der Waals surface area contributed by atoms with Crippen LogP contribution in [0.5, 0.6) is 23.0 Å². The first-order valence-electron chi connectivity index (χ1n) is 11.8. The molecule has 0 aliphatic carbocycles. The molecule has 38 heavy (non-hydrogen) atoms. The zero-order chi connectivity index (χ0) is 28.4. The van der Waals surface area contributed by atoms with Gasteiger partial charge in [-0.25, -0.2) is 4.79 Å². The SMILES string of the molecule is CC(Cc1ccc(O)c(O[C@@H]2O[C@H](C(=O)O)[C@@H](O)[C@H](O)[C@H]2O)c1)C(C)Cc1ccc(O)c(OS(C)(=O)=O)c1. The summed E-state index contributed by atoms with van der Waals surface area (Å²) in [7, 11) is -3.81. The summed E-state index contributed by atoms with van der Waals surface area (Å²) >= 11 is 0. The third-order valence-electron chi connectivity index (χ3n) is 6.43. The molecule has 1 fully saturated rings. The number of carbonyl (C=O) groups is 1. The van der Waals surface area contributed by atoms with Crippen LogP contribution in [0, 0.1) is 11.8 Å². The Hall–Kier alpha value is -3.10. The summed E-state index contributed by atoms with van der Waals surface area (Å²) in [5.74, 6) is -2.26. The smallest absolute Gasteiger partial charge is 0.335 e. The highest BCUT2D eigenvalue weighted by Crippen LogP contribution is 2.34. The minimum atomic E-state index is -3.81. The second-order valence-electron chi connectivity index (χ2n) is 9.61. The molecule has 6 N–H and O–H groups in total. The molecule has 7 atom stereocenters. The number of hydrogen-bond acceptors (Lipinski definition) is 11. The zero-order valence-electron chi connectivity index (χ0n) is 21.0. The van der Waals surface area contributed by atoms with Crippen LogP contribution in [-0.4, -0.2) is 82.0 Å². The molecule has 1 heterocycles. The first-order chi connectivity index (χ1) is 17.7. The van der Waals surface area contributed by atoms with Gasteiger partial charge in [0.25, 0.3) is 0 Å². The van der Waals surface area contributed by atoms with Crippen molar-refractivity contribution in [2.75, 3.05) is 6.26 Å². The highest BCUT2D eigenvalue weighted by molar-refractivity contribution is 7.86. The number of aliphatic hydroxyl groups excluding tert-OH is 3. The summed E-state index contributed by atoms with van der Waals surface area (Å²) < 4.78 is 38.3. The van der Waals surface area contributed by atoms with E-state index in [1.165, 1.54) is 24.3 Å². The number of hydrogen-bond donors (Lipinski definition) is 6. The maximum atomic E-state index is 11.4. The lowest BCUT2D eigenvalue weighted by Gasteiger charge is -2.38. The van der Waals surface area contributed by atoms with Gasteiger partial charge in [0.15, 0.2) is 29.1 Å². The Kier molecular flexibility index (Phi) is 9.10. The van der Waals surface area contributed by atoms with Gasteiger partial charge in [-0.3, -0.25) is 0 Å². The molecule has 3 rings (SSSR count). The van der Waals surface area contributed by atoms with Crippen LogP contribution in [0.1, 0.15) is 25.0 Å². The lowest BCUT2D eigenvalue weighted by molar-refractivity contribution is -0.271. The molecule has 0 spiro atoms. The van der Waals surface area contributed by atoms with E-state index in [4.69, 9.17) is 13.7 Å². The van der Waals surface area contributed by atoms with Crippen LogP contribution in [0.25, 0.3) is 0 Å². The molecular weight excluding hydrogens is 524 g/mol. The minimum absolute atomic E-state index is 0.0744. The van der Waals surface area contributed by atoms with Gasteiger partial charge in [-0.15, -0.1) is 0 Å². The number of benzene rings is 2. The molecule has 1 saturated heterocycles. The van der Waals surface area contributed by atoms with Crippen molar-refractivity contribution >= 4 is 16.1 Å². The fourth-order valence-corrected chi connectivity index (χ4v) is 4.58. The summed E-state index contributed by atoms with van der Waals surface area (Å²) in [6, 6.07) is 9.04. The Balaban J connectivity index is 1.69. The molecule has 1 aliphatic rings. The highest BCUT2D eigenvalue weighted by atomic mass is 32.2. The van der Waals surface area contributed by atoms with Crippen LogP contribution < -0.4 is 8.92 Å². The number of aliphatic hydroxyl groups is 3. The maximum absolute atomic E-state index is 11.4. The predicted octanol–water partition coefficient (Wildman–Crippen LogP) is 0.765. The lowest BCUT2D eigenvalue weighted by atomic mass is 9.85. The number of rotatable bonds is 10. The van der Waals surface area contributed by atoms with Gasteiger partial charge in [0.05, 0.1) is 6.26 Å². The van der Waals surface area contributed by atoms with Crippen molar-refractivity contribution in [2.24, 2.45) is 11.8 Å². The number of phenols is 2. The number of phenolic OH excluding ortho intramolecular Hbond substituents is 2. The van der Waals surface area contributed by atoms with Gasteiger partial charge in [0.2, 0.25) is 6.29 Å². The van der Waals surface area contributed by atoms with E-state index >= 15 is 0 Å². The summed E-state index contributed by atoms with van der Waals surface area (Å²) in [6.07, 6.45) is -7.03. The van der Waals surface area contributed by atoms with E-state index in [1.54, 1.807) is 12.1 Å². The summed E-state index contributed by atoms with van der Waals surface area (Å²) in [4.78, 5) is 11.3. The van der Waals surface area contributed by atoms with Gasteiger partial charge >= 0.3 is 16.1 Å². The Bertz CT molecular complexity index is 1250. The van der Waals surface area contributed by atoms with E-state index in [9.17, 15) is 43.9 Å². The van der Waals surface area contributed by atoms with Crippen molar-refractivity contribution in [1.29, 1.82) is 0 Å². The van der Waals surface area contributed by atoms with Crippen LogP contribution in [-0.2, 0) is 32.5 Å². The Labute approximate surface area is 219 Å². The monoisotopic (exact) mass is 556 g/mol. The average molecular weight is 557 g/mol. The van der Waals surface area contributed by atoms with Crippen molar-refractivity contribution in [2.45, 2.75) is 57.4 Å². The highest BCUT2D eigenvalue weighted by Gasteiger charge is 2.48. The van der Waals surface area contributed by atoms with Crippen LogP contribution in [0.3, 0.4) is 0 Å². The molecule has 0 aromatic heterocycles. The van der Waals surface area contributed by atoms with Crippen LogP contribution in [0.2, 0.25) is 0 Å². The second kappa shape index (κ2) is 11.7. The van der Waals surface area contributed by atoms with Crippen molar-refractivity contribution in [3.8, 4) is 23.0 Å². The molecule has 0 amide bonds. The number of aromatic hydroxyl groups is 2. The van der Waals surface area contributed by atoms with Crippen LogP contribution in [0.15, 0.2) is 36.4 Å². The van der Waals surface area contributed by atoms with E-state index < -0.39 is 46.8 Å². The predicted molar refractivity (Wildman–Crippen MR) is 132 cm³/mol. The molecule has 0 saturated carbocycles. The standard InChI is InChI=1S/C25H32O12S/c1-12(13(2)9-15-5-7-17(27)19(11-15)37-38(3,33)34)8-14-4-6-16(26)18(10-14)35-25-22(30)20(28)21(29)23(36-25)24(31)32/h4-7,10-13,20-23,25-30H,8-9H2,1-3H3,(H,31,32)/t12?,13?,20-,21-,22+,23-,25+/m0/s1. The largest absolute Gasteiger partial charge is 0.504 e. The first kappa shape index (κ1) is 29.5. The minimum Gasteiger partial charge on any atom is -0.504 e. The Morgan fingerprint density at radius 2 is 1.39 bits per heavy atom. The molecule has 1 aliphatic heterocycles. The first-order valence-corrected chi connectivity index (χ1v) is 13.6. The quantitative estimate of drug-likeness (QED) is 0.225. The molecule has 12 nitrogen and oxygen atoms in total. The number of aliphatic carboxylic acids is 1. The fraction of sp³-hybridized carbons (Fsp3) is 0.480. The van der Waals surface area contributed by atoms with Crippen molar-refractivity contribution < 1.29 is 57.5 Å². The van der Waals surface area contributed by atoms with E-state index in [0.717, 1.165) is 17.4 Å². The summed E-state index contributed by atoms with van der Waals surface area (Å²) in [5.41, 5.74) is 1.50. The summed E-state index contributed by atoms with van der Waals surface area (Å²) in [5, 5.41) is 59.3. The van der Waals surface area contributed by atoms with Crippen molar-refractivity contribution in [3.63, 3.8) is 0 Å².